The van der Waals surface area contributed by atoms with Crippen molar-refractivity contribution >= 4 is 5.91 Å². The van der Waals surface area contributed by atoms with Gasteiger partial charge in [-0.15, -0.1) is 5.10 Å². The molecule has 6 heteroatoms. The number of hydrogen-bond donors (Lipinski definition) is 2. The van der Waals surface area contributed by atoms with Crippen molar-refractivity contribution in [1.82, 2.24) is 20.5 Å². The molecule has 2 N–H and O–H groups in total. The van der Waals surface area contributed by atoms with Gasteiger partial charge in [-0.2, -0.15) is 0 Å². The lowest BCUT2D eigenvalue weighted by atomic mass is 10.0. The van der Waals surface area contributed by atoms with E-state index >= 15 is 0 Å². The second kappa shape index (κ2) is 5.06. The molecule has 6 nitrogen and oxygen atoms in total. The molecule has 1 saturated carbocycles. The maximum Gasteiger partial charge on any atom is 0.290 e. The van der Waals surface area contributed by atoms with Crippen LogP contribution >= 0.6 is 0 Å². The molecule has 2 fully saturated rings. The third-order valence-corrected chi connectivity index (χ3v) is 3.56. The third-order valence-electron chi connectivity index (χ3n) is 3.56. The van der Waals surface area contributed by atoms with Crippen molar-refractivity contribution in [2.75, 3.05) is 19.8 Å². The van der Waals surface area contributed by atoms with Crippen LogP contribution in [0.2, 0.25) is 0 Å². The number of hydrogen-bond acceptors (Lipinski definition) is 4. The Hall–Kier alpha value is -1.43. The summed E-state index contributed by atoms with van der Waals surface area (Å²) in [6.45, 7) is 2.29. The van der Waals surface area contributed by atoms with E-state index in [1.165, 1.54) is 0 Å². The van der Waals surface area contributed by atoms with Crippen LogP contribution in [0.1, 0.15) is 48.0 Å². The van der Waals surface area contributed by atoms with Gasteiger partial charge in [-0.05, 0) is 31.6 Å². The molecule has 1 aliphatic carbocycles. The first-order chi connectivity index (χ1) is 8.83. The molecular formula is C12H18N4O2. The molecule has 98 valence electrons. The molecule has 18 heavy (non-hydrogen) atoms. The molecule has 0 atom stereocenters. The van der Waals surface area contributed by atoms with Crippen molar-refractivity contribution in [1.29, 1.82) is 0 Å². The first kappa shape index (κ1) is 11.6. The second-order valence-electron chi connectivity index (χ2n) is 5.08. The van der Waals surface area contributed by atoms with Gasteiger partial charge in [0.1, 0.15) is 5.82 Å². The zero-order valence-corrected chi connectivity index (χ0v) is 10.3. The van der Waals surface area contributed by atoms with E-state index < -0.39 is 0 Å². The van der Waals surface area contributed by atoms with Crippen LogP contribution in [0, 0.1) is 5.92 Å². The highest BCUT2D eigenvalue weighted by atomic mass is 16.5. The minimum absolute atomic E-state index is 0.176. The van der Waals surface area contributed by atoms with E-state index in [1.807, 2.05) is 0 Å². The molecular weight excluding hydrogens is 232 g/mol. The Labute approximate surface area is 106 Å². The summed E-state index contributed by atoms with van der Waals surface area (Å²) < 4.78 is 5.29. The molecule has 0 radical (unpaired) electrons. The largest absolute Gasteiger partial charge is 0.381 e. The quantitative estimate of drug-likeness (QED) is 0.829. The summed E-state index contributed by atoms with van der Waals surface area (Å²) in [6.07, 6.45) is 4.33. The maximum atomic E-state index is 11.9. The predicted octanol–water partition coefficient (Wildman–Crippen LogP) is 0.838. The average Bonchev–Trinajstić information content (AvgIpc) is 3.15. The van der Waals surface area contributed by atoms with E-state index in [1.54, 1.807) is 0 Å². The fraction of sp³-hybridized carbons (Fsp3) is 0.750. The van der Waals surface area contributed by atoms with E-state index in [2.05, 4.69) is 20.5 Å². The summed E-state index contributed by atoms with van der Waals surface area (Å²) in [5.41, 5.74) is 0. The number of carbonyl (C=O) groups excluding carboxylic acids is 1. The van der Waals surface area contributed by atoms with Crippen LogP contribution in [0.4, 0.5) is 0 Å². The van der Waals surface area contributed by atoms with Crippen LogP contribution in [-0.2, 0) is 4.74 Å². The smallest absolute Gasteiger partial charge is 0.290 e. The first-order valence-electron chi connectivity index (χ1n) is 6.61. The van der Waals surface area contributed by atoms with Gasteiger partial charge in [-0.25, -0.2) is 4.98 Å². The van der Waals surface area contributed by atoms with Gasteiger partial charge in [0.15, 0.2) is 0 Å². The Balaban J connectivity index is 1.50. The highest BCUT2D eigenvalue weighted by molar-refractivity contribution is 5.90. The van der Waals surface area contributed by atoms with Crippen molar-refractivity contribution in [2.24, 2.45) is 5.92 Å². The number of aromatic nitrogens is 3. The summed E-state index contributed by atoms with van der Waals surface area (Å²) >= 11 is 0. The van der Waals surface area contributed by atoms with Gasteiger partial charge in [-0.3, -0.25) is 9.89 Å². The zero-order valence-electron chi connectivity index (χ0n) is 10.3. The van der Waals surface area contributed by atoms with Gasteiger partial charge in [0.2, 0.25) is 5.82 Å². The molecule has 1 saturated heterocycles. The van der Waals surface area contributed by atoms with Crippen LogP contribution in [0.5, 0.6) is 0 Å². The number of H-pyrrole nitrogens is 1. The molecule has 1 aromatic rings. The van der Waals surface area contributed by atoms with Gasteiger partial charge in [0.05, 0.1) is 0 Å². The standard InChI is InChI=1S/C12H18N4O2/c17-12(13-7-8-3-5-18-6-4-8)11-14-10(15-16-11)9-1-2-9/h8-9H,1-7H2,(H,13,17)(H,14,15,16). The second-order valence-corrected chi connectivity index (χ2v) is 5.08. The third kappa shape index (κ3) is 2.69. The monoisotopic (exact) mass is 250 g/mol. The average molecular weight is 250 g/mol. The van der Waals surface area contributed by atoms with E-state index in [4.69, 9.17) is 4.74 Å². The Bertz CT molecular complexity index is 421. The van der Waals surface area contributed by atoms with Gasteiger partial charge in [-0.1, -0.05) is 0 Å². The molecule has 1 amide bonds. The lowest BCUT2D eigenvalue weighted by Crippen LogP contribution is -2.32. The number of nitrogens with one attached hydrogen (secondary N) is 2. The highest BCUT2D eigenvalue weighted by Crippen LogP contribution is 2.37. The van der Waals surface area contributed by atoms with Gasteiger partial charge < -0.3 is 10.1 Å². The molecule has 2 heterocycles. The number of carbonyl (C=O) groups is 1. The van der Waals surface area contributed by atoms with Crippen LogP contribution < -0.4 is 5.32 Å². The number of ether oxygens (including phenoxy) is 1. The Morgan fingerprint density at radius 1 is 1.33 bits per heavy atom. The maximum absolute atomic E-state index is 11.9. The van der Waals surface area contributed by atoms with E-state index in [0.717, 1.165) is 44.7 Å². The minimum Gasteiger partial charge on any atom is -0.381 e. The molecule has 0 bridgehead atoms. The van der Waals surface area contributed by atoms with Crippen molar-refractivity contribution in [3.63, 3.8) is 0 Å². The fourth-order valence-corrected chi connectivity index (χ4v) is 2.18. The SMILES string of the molecule is O=C(NCC1CCOCC1)c1n[nH]c(C2CC2)n1. The lowest BCUT2D eigenvalue weighted by Gasteiger charge is -2.21. The van der Waals surface area contributed by atoms with Gasteiger partial charge in [0, 0.05) is 25.7 Å². The van der Waals surface area contributed by atoms with Crippen molar-refractivity contribution < 1.29 is 9.53 Å². The van der Waals surface area contributed by atoms with E-state index in [9.17, 15) is 4.79 Å². The van der Waals surface area contributed by atoms with Gasteiger partial charge >= 0.3 is 0 Å². The number of nitrogens with zero attached hydrogens (tertiary/aromatic N) is 2. The molecule has 1 aromatic heterocycles. The summed E-state index contributed by atoms with van der Waals surface area (Å²) in [7, 11) is 0. The highest BCUT2D eigenvalue weighted by Gasteiger charge is 2.28. The summed E-state index contributed by atoms with van der Waals surface area (Å²) in [4.78, 5) is 16.1. The predicted molar refractivity (Wildman–Crippen MR) is 64.2 cm³/mol. The van der Waals surface area contributed by atoms with Crippen LogP contribution in [-0.4, -0.2) is 40.8 Å². The Morgan fingerprint density at radius 3 is 2.83 bits per heavy atom. The van der Waals surface area contributed by atoms with Crippen LogP contribution in [0.25, 0.3) is 0 Å². The van der Waals surface area contributed by atoms with Crippen molar-refractivity contribution in [3.8, 4) is 0 Å². The molecule has 2 aliphatic rings. The number of amides is 1. The summed E-state index contributed by atoms with van der Waals surface area (Å²) in [5.74, 6) is 1.96. The summed E-state index contributed by atoms with van der Waals surface area (Å²) in [6, 6.07) is 0. The van der Waals surface area contributed by atoms with Crippen LogP contribution in [0.15, 0.2) is 0 Å². The topological polar surface area (TPSA) is 79.9 Å². The van der Waals surface area contributed by atoms with Crippen molar-refractivity contribution in [2.45, 2.75) is 31.6 Å². The molecule has 0 aromatic carbocycles. The number of rotatable bonds is 4. The van der Waals surface area contributed by atoms with Crippen molar-refractivity contribution in [3.05, 3.63) is 11.6 Å². The number of aromatic amines is 1. The zero-order chi connectivity index (χ0) is 12.4. The van der Waals surface area contributed by atoms with E-state index in [0.29, 0.717) is 18.4 Å². The first-order valence-corrected chi connectivity index (χ1v) is 6.61. The molecule has 3 rings (SSSR count). The molecule has 0 spiro atoms. The molecule has 0 unspecified atom stereocenters. The molecule has 1 aliphatic heterocycles. The van der Waals surface area contributed by atoms with E-state index in [-0.39, 0.29) is 11.7 Å². The Morgan fingerprint density at radius 2 is 2.11 bits per heavy atom. The lowest BCUT2D eigenvalue weighted by molar-refractivity contribution is 0.0641. The normalized spacial score (nSPS) is 20.9. The fourth-order valence-electron chi connectivity index (χ4n) is 2.18. The summed E-state index contributed by atoms with van der Waals surface area (Å²) in [5, 5.41) is 9.71. The Kier molecular flexibility index (Phi) is 3.27. The van der Waals surface area contributed by atoms with Gasteiger partial charge in [0.25, 0.3) is 5.91 Å². The van der Waals surface area contributed by atoms with Crippen LogP contribution in [0.3, 0.4) is 0 Å². The minimum atomic E-state index is -0.176.